The Kier molecular flexibility index (Phi) is 2.99. The molecule has 79 valence electrons. The van der Waals surface area contributed by atoms with Gasteiger partial charge in [0, 0.05) is 0 Å². The molecule has 1 aliphatic rings. The summed E-state index contributed by atoms with van der Waals surface area (Å²) in [5.74, 6) is 0. The second kappa shape index (κ2) is 4.61. The Balaban J connectivity index is 2.06. The molecule has 0 saturated heterocycles. The monoisotopic (exact) mass is 316 g/mol. The van der Waals surface area contributed by atoms with Crippen LogP contribution in [-0.2, 0) is 13.1 Å². The van der Waals surface area contributed by atoms with Crippen LogP contribution < -0.4 is 12.3 Å². The van der Waals surface area contributed by atoms with Gasteiger partial charge in [0.25, 0.3) is 0 Å². The zero-order chi connectivity index (χ0) is 10.8. The summed E-state index contributed by atoms with van der Waals surface area (Å²) in [6.07, 6.45) is 0. The van der Waals surface area contributed by atoms with Crippen LogP contribution in [0.15, 0.2) is 48.5 Å². The second-order valence-electron chi connectivity index (χ2n) is 3.97. The van der Waals surface area contributed by atoms with Gasteiger partial charge in [0.15, 0.2) is 0 Å². The summed E-state index contributed by atoms with van der Waals surface area (Å²) >= 11 is -0.400. The molecule has 1 heterocycles. The van der Waals surface area contributed by atoms with Crippen molar-refractivity contribution in [2.75, 3.05) is 0 Å². The zero-order valence-corrected chi connectivity index (χ0v) is 11.5. The van der Waals surface area contributed by atoms with E-state index < -0.39 is 21.6 Å². The van der Waals surface area contributed by atoms with Crippen LogP contribution in [0, 0.1) is 0 Å². The number of rotatable bonds is 0. The summed E-state index contributed by atoms with van der Waals surface area (Å²) in [5.41, 5.74) is 2.99. The zero-order valence-electron chi connectivity index (χ0n) is 8.98. The van der Waals surface area contributed by atoms with E-state index in [1.165, 1.54) is 11.1 Å². The van der Waals surface area contributed by atoms with Crippen molar-refractivity contribution in [1.29, 1.82) is 0 Å². The van der Waals surface area contributed by atoms with Crippen molar-refractivity contribution in [2.45, 2.75) is 13.1 Å². The van der Waals surface area contributed by atoms with Crippen molar-refractivity contribution in [2.24, 2.45) is 0 Å². The molecule has 0 bridgehead atoms. The molecule has 2 aromatic carbocycles. The van der Waals surface area contributed by atoms with Gasteiger partial charge in [-0.25, -0.2) is 0 Å². The number of benzene rings is 2. The van der Waals surface area contributed by atoms with Gasteiger partial charge in [-0.2, -0.15) is 0 Å². The first kappa shape index (κ1) is 10.4. The quantitative estimate of drug-likeness (QED) is 0.714. The van der Waals surface area contributed by atoms with Gasteiger partial charge in [0.05, 0.1) is 0 Å². The average molecular weight is 317 g/mol. The molecule has 1 nitrogen and oxygen atoms in total. The molecule has 0 saturated carbocycles. The summed E-state index contributed by atoms with van der Waals surface area (Å²) in [7, 11) is 0. The topological polar surface area (TPSA) is 12.0 Å². The van der Waals surface area contributed by atoms with Crippen LogP contribution in [0.3, 0.4) is 0 Å². The standard InChI is InChI=1S/C14H13N.Sb/c1-3-7-13(8-4-1)11-15-12-14-9-5-2-6-10-14;/h1-7,9,15H,11-12H2;. The van der Waals surface area contributed by atoms with E-state index >= 15 is 0 Å². The van der Waals surface area contributed by atoms with Crippen LogP contribution in [0.1, 0.15) is 11.1 Å². The molecule has 0 amide bonds. The molecular formula is C14H13NSb. The van der Waals surface area contributed by atoms with Crippen LogP contribution in [0.4, 0.5) is 0 Å². The average Bonchev–Trinajstić information content (AvgIpc) is 2.29. The van der Waals surface area contributed by atoms with E-state index in [9.17, 15) is 0 Å². The van der Waals surface area contributed by atoms with Crippen LogP contribution in [-0.4, -0.2) is 21.6 Å². The Morgan fingerprint density at radius 2 is 1.25 bits per heavy atom. The molecule has 3 rings (SSSR count). The maximum atomic E-state index is 3.52. The fraction of sp³-hybridized carbons (Fsp3) is 0.143. The van der Waals surface area contributed by atoms with Crippen molar-refractivity contribution < 1.29 is 0 Å². The van der Waals surface area contributed by atoms with Crippen LogP contribution in [0.25, 0.3) is 0 Å². The third kappa shape index (κ3) is 2.02. The summed E-state index contributed by atoms with van der Waals surface area (Å²) in [4.78, 5) is 0. The molecule has 16 heavy (non-hydrogen) atoms. The third-order valence-electron chi connectivity index (χ3n) is 2.86. The van der Waals surface area contributed by atoms with Gasteiger partial charge < -0.3 is 0 Å². The summed E-state index contributed by atoms with van der Waals surface area (Å²) in [5, 5.41) is 3.52. The van der Waals surface area contributed by atoms with Crippen molar-refractivity contribution in [1.82, 2.24) is 5.32 Å². The number of nitrogens with one attached hydrogen (secondary N) is 1. The SMILES string of the molecule is c1cc[c]2c(c1)CNCc1cccc[c]1[Sb]2. The van der Waals surface area contributed by atoms with Gasteiger partial charge >= 0.3 is 107 Å². The van der Waals surface area contributed by atoms with E-state index in [0.717, 1.165) is 13.1 Å². The van der Waals surface area contributed by atoms with Crippen molar-refractivity contribution in [3.05, 3.63) is 59.7 Å². The Hall–Kier alpha value is -0.782. The van der Waals surface area contributed by atoms with Crippen LogP contribution in [0.5, 0.6) is 0 Å². The molecule has 0 atom stereocenters. The number of hydrogen-bond acceptors (Lipinski definition) is 1. The van der Waals surface area contributed by atoms with E-state index in [1.54, 1.807) is 7.02 Å². The Bertz CT molecular complexity index is 462. The van der Waals surface area contributed by atoms with Crippen LogP contribution in [0.2, 0.25) is 0 Å². The number of hydrogen-bond donors (Lipinski definition) is 1. The van der Waals surface area contributed by atoms with Gasteiger partial charge in [-0.1, -0.05) is 0 Å². The van der Waals surface area contributed by atoms with Gasteiger partial charge in [-0.3, -0.25) is 0 Å². The van der Waals surface area contributed by atoms with E-state index in [0.29, 0.717) is 0 Å². The van der Waals surface area contributed by atoms with Gasteiger partial charge in [0.1, 0.15) is 0 Å². The first-order valence-corrected chi connectivity index (χ1v) is 8.07. The molecule has 0 fully saturated rings. The molecule has 1 aliphatic heterocycles. The fourth-order valence-corrected chi connectivity index (χ4v) is 5.35. The molecule has 0 unspecified atom stereocenters. The predicted molar refractivity (Wildman–Crippen MR) is 68.4 cm³/mol. The molecule has 1 N–H and O–H groups in total. The fourth-order valence-electron chi connectivity index (χ4n) is 2.00. The van der Waals surface area contributed by atoms with Crippen LogP contribution >= 0.6 is 0 Å². The minimum atomic E-state index is -0.400. The van der Waals surface area contributed by atoms with E-state index in [1.807, 2.05) is 0 Å². The Morgan fingerprint density at radius 1 is 0.750 bits per heavy atom. The Labute approximate surface area is 106 Å². The maximum absolute atomic E-state index is 3.52. The normalized spacial score (nSPS) is 14.5. The van der Waals surface area contributed by atoms with E-state index in [-0.39, 0.29) is 0 Å². The minimum absolute atomic E-state index is 0.400. The van der Waals surface area contributed by atoms with E-state index in [4.69, 9.17) is 0 Å². The second-order valence-corrected chi connectivity index (χ2v) is 7.36. The first-order chi connectivity index (χ1) is 7.93. The first-order valence-electron chi connectivity index (χ1n) is 5.52. The van der Waals surface area contributed by atoms with E-state index in [2.05, 4.69) is 53.8 Å². The van der Waals surface area contributed by atoms with Crippen molar-refractivity contribution in [3.63, 3.8) is 0 Å². The third-order valence-corrected chi connectivity index (χ3v) is 6.72. The van der Waals surface area contributed by atoms with Gasteiger partial charge in [-0.15, -0.1) is 0 Å². The number of fused-ring (bicyclic) bond motifs is 2. The Morgan fingerprint density at radius 3 is 1.81 bits per heavy atom. The summed E-state index contributed by atoms with van der Waals surface area (Å²) < 4.78 is 3.19. The van der Waals surface area contributed by atoms with Crippen molar-refractivity contribution >= 4 is 28.6 Å². The molecular weight excluding hydrogens is 304 g/mol. The van der Waals surface area contributed by atoms with Gasteiger partial charge in [0.2, 0.25) is 0 Å². The van der Waals surface area contributed by atoms with Gasteiger partial charge in [-0.05, 0) is 0 Å². The molecule has 1 radical (unpaired) electrons. The summed E-state index contributed by atoms with van der Waals surface area (Å²) in [6, 6.07) is 17.7. The molecule has 0 spiro atoms. The predicted octanol–water partition coefficient (Wildman–Crippen LogP) is 0.945. The summed E-state index contributed by atoms with van der Waals surface area (Å²) in [6.45, 7) is 2.03. The molecule has 0 aromatic heterocycles. The molecule has 2 aromatic rings. The molecule has 0 aliphatic carbocycles. The molecule has 2 heteroatoms. The van der Waals surface area contributed by atoms with Crippen molar-refractivity contribution in [3.8, 4) is 0 Å².